The van der Waals surface area contributed by atoms with Crippen LogP contribution in [0, 0.1) is 0 Å². The fraction of sp³-hybridized carbons (Fsp3) is 0.450. The molecule has 0 unspecified atom stereocenters. The van der Waals surface area contributed by atoms with Crippen LogP contribution in [0.4, 0.5) is 11.6 Å². The summed E-state index contributed by atoms with van der Waals surface area (Å²) in [6.45, 7) is 5.31. The predicted octanol–water partition coefficient (Wildman–Crippen LogP) is 1.97. The van der Waals surface area contributed by atoms with Crippen molar-refractivity contribution in [2.24, 2.45) is 0 Å². The molecule has 2 fully saturated rings. The number of aromatic nitrogens is 2. The molecule has 136 valence electrons. The van der Waals surface area contributed by atoms with Crippen LogP contribution in [0.25, 0.3) is 0 Å². The number of benzene rings is 1. The summed E-state index contributed by atoms with van der Waals surface area (Å²) in [7, 11) is 0. The lowest BCUT2D eigenvalue weighted by atomic mass is 10.1. The van der Waals surface area contributed by atoms with E-state index < -0.39 is 0 Å². The first-order chi connectivity index (χ1) is 12.8. The summed E-state index contributed by atoms with van der Waals surface area (Å²) < 4.78 is 0. The van der Waals surface area contributed by atoms with Crippen LogP contribution in [-0.2, 0) is 11.2 Å². The minimum atomic E-state index is 0.201. The van der Waals surface area contributed by atoms with Crippen molar-refractivity contribution in [3.8, 4) is 0 Å². The fourth-order valence-electron chi connectivity index (χ4n) is 3.70. The van der Waals surface area contributed by atoms with Crippen molar-refractivity contribution < 1.29 is 4.79 Å². The lowest BCUT2D eigenvalue weighted by Crippen LogP contribution is -2.49. The highest BCUT2D eigenvalue weighted by Crippen LogP contribution is 2.21. The maximum atomic E-state index is 12.6. The number of nitrogens with zero attached hydrogens (tertiary/aromatic N) is 5. The summed E-state index contributed by atoms with van der Waals surface area (Å²) in [5, 5.41) is 0. The van der Waals surface area contributed by atoms with Crippen LogP contribution in [0.15, 0.2) is 42.7 Å². The topological polar surface area (TPSA) is 52.6 Å². The molecule has 3 heterocycles. The highest BCUT2D eigenvalue weighted by molar-refractivity contribution is 5.79. The summed E-state index contributed by atoms with van der Waals surface area (Å²) in [6, 6.07) is 10.3. The first kappa shape index (κ1) is 16.8. The lowest BCUT2D eigenvalue weighted by molar-refractivity contribution is -0.130. The third-order valence-corrected chi connectivity index (χ3v) is 5.23. The van der Waals surface area contributed by atoms with E-state index >= 15 is 0 Å². The Kier molecular flexibility index (Phi) is 5.00. The van der Waals surface area contributed by atoms with E-state index in [4.69, 9.17) is 0 Å². The van der Waals surface area contributed by atoms with Crippen molar-refractivity contribution in [3.63, 3.8) is 0 Å². The van der Waals surface area contributed by atoms with Crippen molar-refractivity contribution >= 4 is 17.5 Å². The zero-order valence-corrected chi connectivity index (χ0v) is 15.0. The van der Waals surface area contributed by atoms with E-state index in [2.05, 4.69) is 44.0 Å². The van der Waals surface area contributed by atoms with Crippen molar-refractivity contribution in [2.45, 2.75) is 19.3 Å². The fourth-order valence-corrected chi connectivity index (χ4v) is 3.70. The Balaban J connectivity index is 1.30. The number of hydrogen-bond acceptors (Lipinski definition) is 5. The highest BCUT2D eigenvalue weighted by atomic mass is 16.2. The van der Waals surface area contributed by atoms with Gasteiger partial charge in [0.1, 0.15) is 0 Å². The summed E-state index contributed by atoms with van der Waals surface area (Å²) in [5.41, 5.74) is 2.36. The second-order valence-electron chi connectivity index (χ2n) is 6.95. The number of piperazine rings is 1. The van der Waals surface area contributed by atoms with Crippen molar-refractivity contribution in [1.82, 2.24) is 14.9 Å². The second-order valence-corrected chi connectivity index (χ2v) is 6.95. The lowest BCUT2D eigenvalue weighted by Gasteiger charge is -2.34. The van der Waals surface area contributed by atoms with Crippen molar-refractivity contribution in [1.29, 1.82) is 0 Å². The molecule has 0 radical (unpaired) electrons. The van der Waals surface area contributed by atoms with Gasteiger partial charge in [0, 0.05) is 57.3 Å². The van der Waals surface area contributed by atoms with Crippen LogP contribution >= 0.6 is 0 Å². The minimum Gasteiger partial charge on any atom is -0.372 e. The molecule has 2 aliphatic heterocycles. The Morgan fingerprint density at radius 1 is 0.846 bits per heavy atom. The van der Waals surface area contributed by atoms with E-state index in [1.807, 2.05) is 11.0 Å². The van der Waals surface area contributed by atoms with Gasteiger partial charge in [-0.15, -0.1) is 0 Å². The normalized spacial score (nSPS) is 17.6. The second kappa shape index (κ2) is 7.72. The zero-order valence-electron chi connectivity index (χ0n) is 15.0. The molecular weight excluding hydrogens is 326 g/mol. The third-order valence-electron chi connectivity index (χ3n) is 5.23. The predicted molar refractivity (Wildman–Crippen MR) is 102 cm³/mol. The molecule has 0 spiro atoms. The van der Waals surface area contributed by atoms with E-state index in [1.54, 1.807) is 12.4 Å². The van der Waals surface area contributed by atoms with Crippen molar-refractivity contribution in [3.05, 3.63) is 48.3 Å². The molecule has 6 nitrogen and oxygen atoms in total. The van der Waals surface area contributed by atoms with Gasteiger partial charge < -0.3 is 14.7 Å². The molecule has 2 aliphatic rings. The van der Waals surface area contributed by atoms with Gasteiger partial charge in [0.2, 0.25) is 11.9 Å². The van der Waals surface area contributed by atoms with Crippen molar-refractivity contribution in [2.75, 3.05) is 49.1 Å². The van der Waals surface area contributed by atoms with Crippen LogP contribution in [0.1, 0.15) is 18.4 Å². The molecule has 6 heteroatoms. The van der Waals surface area contributed by atoms with Gasteiger partial charge in [-0.3, -0.25) is 4.79 Å². The average Bonchev–Trinajstić information content (AvgIpc) is 3.24. The first-order valence-electron chi connectivity index (χ1n) is 9.43. The molecule has 0 N–H and O–H groups in total. The molecule has 2 aromatic rings. The van der Waals surface area contributed by atoms with E-state index in [-0.39, 0.29) is 5.91 Å². The molecular formula is C20H25N5O. The molecule has 4 rings (SSSR count). The molecule has 1 aromatic heterocycles. The van der Waals surface area contributed by atoms with Crippen LogP contribution < -0.4 is 9.80 Å². The van der Waals surface area contributed by atoms with Gasteiger partial charge in [-0.05, 0) is 36.6 Å². The molecule has 2 saturated heterocycles. The third kappa shape index (κ3) is 3.79. The summed E-state index contributed by atoms with van der Waals surface area (Å²) >= 11 is 0. The Bertz CT molecular complexity index is 720. The van der Waals surface area contributed by atoms with E-state index in [0.29, 0.717) is 6.42 Å². The number of hydrogen-bond donors (Lipinski definition) is 0. The maximum absolute atomic E-state index is 12.6. The summed E-state index contributed by atoms with van der Waals surface area (Å²) in [6.07, 6.45) is 6.54. The number of amides is 1. The Morgan fingerprint density at radius 3 is 2.15 bits per heavy atom. The number of carbonyl (C=O) groups excluding carboxylic acids is 1. The van der Waals surface area contributed by atoms with Gasteiger partial charge in [-0.2, -0.15) is 0 Å². The number of carbonyl (C=O) groups is 1. The minimum absolute atomic E-state index is 0.201. The van der Waals surface area contributed by atoms with Crippen LogP contribution in [0.2, 0.25) is 0 Å². The molecule has 0 aliphatic carbocycles. The van der Waals surface area contributed by atoms with E-state index in [9.17, 15) is 4.79 Å². The Hall–Kier alpha value is -2.63. The van der Waals surface area contributed by atoms with Gasteiger partial charge >= 0.3 is 0 Å². The largest absolute Gasteiger partial charge is 0.372 e. The van der Waals surface area contributed by atoms with Gasteiger partial charge in [-0.25, -0.2) is 9.97 Å². The zero-order chi connectivity index (χ0) is 17.8. The van der Waals surface area contributed by atoms with Crippen LogP contribution in [-0.4, -0.2) is 60.0 Å². The molecule has 1 aromatic carbocycles. The standard InChI is InChI=1S/C20H25N5O/c26-19(16-17-4-6-18(7-5-17)23-10-1-2-11-23)24-12-14-25(15-13-24)20-21-8-3-9-22-20/h3-9H,1-2,10-16H2. The number of anilines is 2. The molecule has 1 amide bonds. The Morgan fingerprint density at radius 2 is 1.50 bits per heavy atom. The van der Waals surface area contributed by atoms with Gasteiger partial charge in [-0.1, -0.05) is 12.1 Å². The molecule has 0 atom stereocenters. The monoisotopic (exact) mass is 351 g/mol. The smallest absolute Gasteiger partial charge is 0.227 e. The highest BCUT2D eigenvalue weighted by Gasteiger charge is 2.22. The Labute approximate surface area is 154 Å². The molecule has 26 heavy (non-hydrogen) atoms. The van der Waals surface area contributed by atoms with E-state index in [1.165, 1.54) is 18.5 Å². The van der Waals surface area contributed by atoms with Crippen LogP contribution in [0.5, 0.6) is 0 Å². The van der Waals surface area contributed by atoms with Crippen LogP contribution in [0.3, 0.4) is 0 Å². The van der Waals surface area contributed by atoms with Gasteiger partial charge in [0.15, 0.2) is 0 Å². The van der Waals surface area contributed by atoms with Gasteiger partial charge in [0.05, 0.1) is 6.42 Å². The first-order valence-corrected chi connectivity index (χ1v) is 9.43. The quantitative estimate of drug-likeness (QED) is 0.843. The molecule has 0 saturated carbocycles. The number of rotatable bonds is 4. The summed E-state index contributed by atoms with van der Waals surface area (Å²) in [4.78, 5) is 27.7. The summed E-state index contributed by atoms with van der Waals surface area (Å²) in [5.74, 6) is 0.949. The van der Waals surface area contributed by atoms with Gasteiger partial charge in [0.25, 0.3) is 0 Å². The average molecular weight is 351 g/mol. The molecule has 0 bridgehead atoms. The SMILES string of the molecule is O=C(Cc1ccc(N2CCCC2)cc1)N1CCN(c2ncccn2)CC1. The maximum Gasteiger partial charge on any atom is 0.227 e. The van der Waals surface area contributed by atoms with E-state index in [0.717, 1.165) is 50.8 Å².